The van der Waals surface area contributed by atoms with Gasteiger partial charge in [0, 0.05) is 9.77 Å². The molecule has 0 spiro atoms. The Balaban J connectivity index is 2.36. The first kappa shape index (κ1) is 14.3. The highest BCUT2D eigenvalue weighted by molar-refractivity contribution is 14.1. The quantitative estimate of drug-likeness (QED) is 0.705. The highest BCUT2D eigenvalue weighted by Crippen LogP contribution is 2.19. The fourth-order valence-corrected chi connectivity index (χ4v) is 2.08. The number of amides is 1. The Bertz CT molecular complexity index is 739. The number of carbonyl (C=O) groups excluding carboxylic acids is 1. The van der Waals surface area contributed by atoms with Gasteiger partial charge in [-0.15, -0.1) is 0 Å². The van der Waals surface area contributed by atoms with E-state index in [9.17, 15) is 14.4 Å². The SMILES string of the molecule is O=C(O)c1cc(I)ccc1NC(=O)c1ccc[nH]c1=O. The van der Waals surface area contributed by atoms with Gasteiger partial charge >= 0.3 is 5.97 Å². The van der Waals surface area contributed by atoms with Crippen LogP contribution in [-0.2, 0) is 0 Å². The van der Waals surface area contributed by atoms with Crippen molar-refractivity contribution in [2.24, 2.45) is 0 Å². The molecular formula is C13H9IN2O4. The van der Waals surface area contributed by atoms with Gasteiger partial charge in [-0.05, 0) is 52.9 Å². The minimum Gasteiger partial charge on any atom is -0.478 e. The van der Waals surface area contributed by atoms with Gasteiger partial charge in [0.25, 0.3) is 11.5 Å². The van der Waals surface area contributed by atoms with Gasteiger partial charge in [-0.3, -0.25) is 9.59 Å². The number of pyridine rings is 1. The van der Waals surface area contributed by atoms with Gasteiger partial charge in [-0.25, -0.2) is 4.79 Å². The van der Waals surface area contributed by atoms with Crippen LogP contribution >= 0.6 is 22.6 Å². The van der Waals surface area contributed by atoms with E-state index in [1.807, 2.05) is 22.6 Å². The van der Waals surface area contributed by atoms with E-state index in [0.29, 0.717) is 0 Å². The number of halogens is 1. The topological polar surface area (TPSA) is 99.3 Å². The van der Waals surface area contributed by atoms with Gasteiger partial charge in [-0.2, -0.15) is 0 Å². The number of hydrogen-bond acceptors (Lipinski definition) is 3. The Hall–Kier alpha value is -2.16. The molecule has 1 aromatic carbocycles. The second-order valence-corrected chi connectivity index (χ2v) is 5.11. The number of anilines is 1. The molecule has 2 aromatic rings. The van der Waals surface area contributed by atoms with Crippen LogP contribution in [0.3, 0.4) is 0 Å². The van der Waals surface area contributed by atoms with E-state index in [4.69, 9.17) is 5.11 Å². The van der Waals surface area contributed by atoms with Crippen LogP contribution in [0.2, 0.25) is 0 Å². The van der Waals surface area contributed by atoms with E-state index in [0.717, 1.165) is 3.57 Å². The minimum atomic E-state index is -1.15. The lowest BCUT2D eigenvalue weighted by molar-refractivity contribution is 0.0698. The van der Waals surface area contributed by atoms with Gasteiger partial charge in [0.1, 0.15) is 5.56 Å². The Morgan fingerprint density at radius 2 is 1.95 bits per heavy atom. The number of aromatic carboxylic acids is 1. The molecule has 7 heteroatoms. The average Bonchev–Trinajstić information content (AvgIpc) is 2.41. The number of aromatic nitrogens is 1. The molecule has 20 heavy (non-hydrogen) atoms. The number of carboxylic acids is 1. The van der Waals surface area contributed by atoms with Crippen LogP contribution < -0.4 is 10.9 Å². The lowest BCUT2D eigenvalue weighted by atomic mass is 10.1. The molecule has 0 atom stereocenters. The summed E-state index contributed by atoms with van der Waals surface area (Å²) in [5.41, 5.74) is -0.501. The molecule has 1 amide bonds. The molecule has 1 aromatic heterocycles. The highest BCUT2D eigenvalue weighted by Gasteiger charge is 2.15. The molecule has 3 N–H and O–H groups in total. The lowest BCUT2D eigenvalue weighted by Gasteiger charge is -2.08. The van der Waals surface area contributed by atoms with Gasteiger partial charge in [0.2, 0.25) is 0 Å². The number of hydrogen-bond donors (Lipinski definition) is 3. The van der Waals surface area contributed by atoms with Crippen molar-refractivity contribution >= 4 is 40.2 Å². The van der Waals surface area contributed by atoms with Gasteiger partial charge in [0.05, 0.1) is 11.3 Å². The second-order valence-electron chi connectivity index (χ2n) is 3.86. The molecule has 0 aliphatic carbocycles. The second kappa shape index (κ2) is 5.87. The van der Waals surface area contributed by atoms with E-state index in [-0.39, 0.29) is 16.8 Å². The molecule has 102 valence electrons. The van der Waals surface area contributed by atoms with Crippen LogP contribution in [0, 0.1) is 3.57 Å². The maximum atomic E-state index is 12.0. The zero-order valence-electron chi connectivity index (χ0n) is 10.0. The third kappa shape index (κ3) is 3.05. The Morgan fingerprint density at radius 3 is 2.60 bits per heavy atom. The van der Waals surface area contributed by atoms with Crippen molar-refractivity contribution in [2.45, 2.75) is 0 Å². The number of benzene rings is 1. The van der Waals surface area contributed by atoms with E-state index >= 15 is 0 Å². The summed E-state index contributed by atoms with van der Waals surface area (Å²) in [5, 5.41) is 11.5. The third-order valence-corrected chi connectivity index (χ3v) is 3.19. The first-order valence-electron chi connectivity index (χ1n) is 5.51. The van der Waals surface area contributed by atoms with E-state index in [1.54, 1.807) is 6.07 Å². The number of nitrogens with one attached hydrogen (secondary N) is 2. The first-order valence-corrected chi connectivity index (χ1v) is 6.59. The van der Waals surface area contributed by atoms with E-state index in [2.05, 4.69) is 10.3 Å². The Labute approximate surface area is 127 Å². The maximum absolute atomic E-state index is 12.0. The molecule has 0 saturated carbocycles. The van der Waals surface area contributed by atoms with Crippen LogP contribution in [0.5, 0.6) is 0 Å². The van der Waals surface area contributed by atoms with Crippen LogP contribution in [0.1, 0.15) is 20.7 Å². The molecule has 0 fully saturated rings. The van der Waals surface area contributed by atoms with Crippen molar-refractivity contribution in [3.63, 3.8) is 0 Å². The molecule has 1 heterocycles. The zero-order valence-corrected chi connectivity index (χ0v) is 12.2. The monoisotopic (exact) mass is 384 g/mol. The molecule has 2 rings (SSSR count). The van der Waals surface area contributed by atoms with Crippen molar-refractivity contribution in [3.8, 4) is 0 Å². The normalized spacial score (nSPS) is 10.1. The van der Waals surface area contributed by atoms with Crippen molar-refractivity contribution in [3.05, 3.63) is 61.6 Å². The van der Waals surface area contributed by atoms with E-state index < -0.39 is 17.4 Å². The maximum Gasteiger partial charge on any atom is 0.337 e. The molecule has 0 aliphatic heterocycles. The highest BCUT2D eigenvalue weighted by atomic mass is 127. The standard InChI is InChI=1S/C13H9IN2O4/c14-7-3-4-10(9(6-7)13(19)20)16-12(18)8-2-1-5-15-11(8)17/h1-6H,(H,15,17)(H,16,18)(H,19,20). The lowest BCUT2D eigenvalue weighted by Crippen LogP contribution is -2.23. The summed E-state index contributed by atoms with van der Waals surface area (Å²) in [6, 6.07) is 7.47. The molecule has 0 unspecified atom stereocenters. The molecule has 0 aliphatic rings. The number of H-pyrrole nitrogens is 1. The van der Waals surface area contributed by atoms with Crippen molar-refractivity contribution in [1.29, 1.82) is 0 Å². The number of carbonyl (C=O) groups is 2. The number of rotatable bonds is 3. The van der Waals surface area contributed by atoms with Gasteiger partial charge in [-0.1, -0.05) is 0 Å². The molecule has 0 radical (unpaired) electrons. The van der Waals surface area contributed by atoms with E-state index in [1.165, 1.54) is 30.5 Å². The van der Waals surface area contributed by atoms with Crippen LogP contribution in [0.25, 0.3) is 0 Å². The van der Waals surface area contributed by atoms with Gasteiger partial charge < -0.3 is 15.4 Å². The summed E-state index contributed by atoms with van der Waals surface area (Å²) in [6.45, 7) is 0. The minimum absolute atomic E-state index is 0.0300. The summed E-state index contributed by atoms with van der Waals surface area (Å²) in [4.78, 5) is 37.0. The number of carboxylic acid groups (broad SMARTS) is 1. The van der Waals surface area contributed by atoms with Crippen LogP contribution in [0.15, 0.2) is 41.3 Å². The van der Waals surface area contributed by atoms with Crippen LogP contribution in [-0.4, -0.2) is 22.0 Å². The Morgan fingerprint density at radius 1 is 1.20 bits per heavy atom. The first-order chi connectivity index (χ1) is 9.49. The third-order valence-electron chi connectivity index (χ3n) is 2.52. The summed E-state index contributed by atoms with van der Waals surface area (Å²) >= 11 is 1.97. The molecule has 6 nitrogen and oxygen atoms in total. The summed E-state index contributed by atoms with van der Waals surface area (Å²) in [6.07, 6.45) is 1.41. The molecule has 0 bridgehead atoms. The van der Waals surface area contributed by atoms with Crippen molar-refractivity contribution in [1.82, 2.24) is 4.98 Å². The summed E-state index contributed by atoms with van der Waals surface area (Å²) < 4.78 is 0.732. The van der Waals surface area contributed by atoms with Gasteiger partial charge in [0.15, 0.2) is 0 Å². The smallest absolute Gasteiger partial charge is 0.337 e. The zero-order chi connectivity index (χ0) is 14.7. The fourth-order valence-electron chi connectivity index (χ4n) is 1.59. The number of aromatic amines is 1. The van der Waals surface area contributed by atoms with Crippen molar-refractivity contribution in [2.75, 3.05) is 5.32 Å². The predicted octanol–water partition coefficient (Wildman–Crippen LogP) is 1.93. The predicted molar refractivity (Wildman–Crippen MR) is 81.1 cm³/mol. The van der Waals surface area contributed by atoms with Crippen LogP contribution in [0.4, 0.5) is 5.69 Å². The Kier molecular flexibility index (Phi) is 4.18. The molecule has 0 saturated heterocycles. The average molecular weight is 384 g/mol. The largest absolute Gasteiger partial charge is 0.478 e. The van der Waals surface area contributed by atoms with Crippen molar-refractivity contribution < 1.29 is 14.7 Å². The molecular weight excluding hydrogens is 375 g/mol. The fraction of sp³-hybridized carbons (Fsp3) is 0. The summed E-state index contributed by atoms with van der Waals surface area (Å²) in [7, 11) is 0. The summed E-state index contributed by atoms with van der Waals surface area (Å²) in [5.74, 6) is -1.81.